The molecule has 0 spiro atoms. The first kappa shape index (κ1) is 31.1. The topological polar surface area (TPSA) is 81.9 Å². The summed E-state index contributed by atoms with van der Waals surface area (Å²) in [6.07, 6.45) is 3.39. The van der Waals surface area contributed by atoms with Gasteiger partial charge in [-0.1, -0.05) is 26.0 Å². The first-order chi connectivity index (χ1) is 19.2. The van der Waals surface area contributed by atoms with Gasteiger partial charge in [-0.25, -0.2) is 13.6 Å². The number of amides is 1. The zero-order valence-corrected chi connectivity index (χ0v) is 24.1. The predicted molar refractivity (Wildman–Crippen MR) is 159 cm³/mol. The van der Waals surface area contributed by atoms with Gasteiger partial charge in [-0.05, 0) is 74.2 Å². The number of likely N-dealkylation sites (tertiary alicyclic amines) is 1. The maximum atomic E-state index is 15.2. The molecule has 1 atom stereocenters. The number of nitrogens with one attached hydrogen (secondary N) is 1. The maximum Gasteiger partial charge on any atom is 0.267 e. The molecule has 0 aromatic heterocycles. The van der Waals surface area contributed by atoms with E-state index in [0.717, 1.165) is 49.1 Å². The van der Waals surface area contributed by atoms with Crippen LogP contribution in [-0.4, -0.2) is 68.5 Å². The van der Waals surface area contributed by atoms with Gasteiger partial charge in [0.15, 0.2) is 0 Å². The summed E-state index contributed by atoms with van der Waals surface area (Å²) in [5.41, 5.74) is 10.3. The van der Waals surface area contributed by atoms with Crippen molar-refractivity contribution in [2.45, 2.75) is 64.3 Å². The molecule has 40 heavy (non-hydrogen) atoms. The number of nitrogens with two attached hydrogens (primary N) is 1. The fraction of sp³-hybridized carbons (Fsp3) is 0.516. The Morgan fingerprint density at radius 2 is 1.80 bits per heavy atom. The lowest BCUT2D eigenvalue weighted by Crippen LogP contribution is -2.54. The lowest BCUT2D eigenvalue weighted by Gasteiger charge is -2.45. The number of carbonyl (C=O) groups excluding carboxylic acids is 2. The van der Waals surface area contributed by atoms with Crippen LogP contribution < -0.4 is 20.9 Å². The summed E-state index contributed by atoms with van der Waals surface area (Å²) in [6, 6.07) is 13.3. The largest absolute Gasteiger partial charge is 0.399 e. The van der Waals surface area contributed by atoms with Gasteiger partial charge in [0, 0.05) is 56.2 Å². The Bertz CT molecular complexity index is 1160. The summed E-state index contributed by atoms with van der Waals surface area (Å²) in [6.45, 7) is 8.70. The third-order valence-corrected chi connectivity index (χ3v) is 7.87. The van der Waals surface area contributed by atoms with E-state index in [1.807, 2.05) is 37.6 Å². The van der Waals surface area contributed by atoms with E-state index < -0.39 is 11.8 Å². The van der Waals surface area contributed by atoms with Crippen molar-refractivity contribution in [3.8, 4) is 0 Å². The highest BCUT2D eigenvalue weighted by Gasteiger charge is 2.46. The SMILES string of the molecule is CC.Cc1cc(N2CCC(N3CCC(c4ccc(N)cc4)C(F)(F)C3)CC2)ccc1N(C)CCC(=O)NC=C=O. The highest BCUT2D eigenvalue weighted by Crippen LogP contribution is 2.42. The molecular weight excluding hydrogens is 512 g/mol. The van der Waals surface area contributed by atoms with Crippen LogP contribution in [0.3, 0.4) is 0 Å². The third kappa shape index (κ3) is 7.83. The van der Waals surface area contributed by atoms with Crippen molar-refractivity contribution in [2.75, 3.05) is 55.3 Å². The number of rotatable bonds is 8. The molecule has 3 N–H and O–H groups in total. The molecule has 4 rings (SSSR count). The fourth-order valence-electron chi connectivity index (χ4n) is 5.74. The second-order valence-electron chi connectivity index (χ2n) is 10.4. The minimum Gasteiger partial charge on any atom is -0.399 e. The van der Waals surface area contributed by atoms with Gasteiger partial charge in [-0.15, -0.1) is 0 Å². The smallest absolute Gasteiger partial charge is 0.267 e. The number of nitrogen functional groups attached to an aromatic ring is 1. The number of nitrogens with zero attached hydrogens (tertiary/aromatic N) is 3. The number of carbonyl (C=O) groups is 1. The Morgan fingerprint density at radius 3 is 2.40 bits per heavy atom. The predicted octanol–water partition coefficient (Wildman–Crippen LogP) is 4.98. The molecule has 2 aromatic carbocycles. The van der Waals surface area contributed by atoms with Gasteiger partial charge in [0.2, 0.25) is 5.91 Å². The number of alkyl halides is 2. The Balaban J connectivity index is 0.00000216. The van der Waals surface area contributed by atoms with E-state index in [9.17, 15) is 9.59 Å². The van der Waals surface area contributed by atoms with Crippen molar-refractivity contribution in [1.82, 2.24) is 10.2 Å². The zero-order valence-electron chi connectivity index (χ0n) is 24.1. The molecule has 0 radical (unpaired) electrons. The van der Waals surface area contributed by atoms with Gasteiger partial charge in [0.1, 0.15) is 5.94 Å². The number of halogens is 2. The number of piperidine rings is 2. The van der Waals surface area contributed by atoms with E-state index in [1.54, 1.807) is 24.3 Å². The maximum absolute atomic E-state index is 15.2. The second-order valence-corrected chi connectivity index (χ2v) is 10.4. The van der Waals surface area contributed by atoms with Crippen molar-refractivity contribution >= 4 is 28.9 Å². The van der Waals surface area contributed by atoms with Crippen molar-refractivity contribution in [3.05, 3.63) is 59.8 Å². The molecule has 2 aliphatic rings. The van der Waals surface area contributed by atoms with Crippen LogP contribution in [0.15, 0.2) is 48.7 Å². The highest BCUT2D eigenvalue weighted by molar-refractivity contribution is 5.79. The first-order valence-corrected chi connectivity index (χ1v) is 14.2. The average Bonchev–Trinajstić information content (AvgIpc) is 2.96. The van der Waals surface area contributed by atoms with Crippen molar-refractivity contribution < 1.29 is 18.4 Å². The Hall–Kier alpha value is -3.42. The van der Waals surface area contributed by atoms with E-state index in [-0.39, 0.29) is 24.9 Å². The number of aryl methyl sites for hydroxylation is 1. The Kier molecular flexibility index (Phi) is 11.1. The molecule has 218 valence electrons. The van der Waals surface area contributed by atoms with Crippen LogP contribution in [0.2, 0.25) is 0 Å². The van der Waals surface area contributed by atoms with Crippen LogP contribution in [0.25, 0.3) is 0 Å². The summed E-state index contributed by atoms with van der Waals surface area (Å²) in [5.74, 6) is -2.23. The minimum absolute atomic E-state index is 0.163. The molecule has 1 amide bonds. The molecule has 2 heterocycles. The van der Waals surface area contributed by atoms with Crippen molar-refractivity contribution in [2.24, 2.45) is 0 Å². The lowest BCUT2D eigenvalue weighted by atomic mass is 9.85. The molecule has 0 bridgehead atoms. The van der Waals surface area contributed by atoms with E-state index in [2.05, 4.69) is 28.4 Å². The van der Waals surface area contributed by atoms with Crippen LogP contribution in [0.1, 0.15) is 56.6 Å². The lowest BCUT2D eigenvalue weighted by molar-refractivity contribution is -0.119. The second kappa shape index (κ2) is 14.3. The number of benzene rings is 2. The van der Waals surface area contributed by atoms with Crippen LogP contribution >= 0.6 is 0 Å². The molecular formula is C31H43F2N5O2. The van der Waals surface area contributed by atoms with Gasteiger partial charge >= 0.3 is 0 Å². The van der Waals surface area contributed by atoms with E-state index in [4.69, 9.17) is 5.73 Å². The summed E-state index contributed by atoms with van der Waals surface area (Å²) in [4.78, 5) is 28.3. The molecule has 0 saturated carbocycles. The van der Waals surface area contributed by atoms with E-state index in [0.29, 0.717) is 30.8 Å². The highest BCUT2D eigenvalue weighted by atomic mass is 19.3. The molecule has 9 heteroatoms. The monoisotopic (exact) mass is 555 g/mol. The van der Waals surface area contributed by atoms with Gasteiger partial charge in [-0.3, -0.25) is 9.69 Å². The zero-order chi connectivity index (χ0) is 29.3. The molecule has 2 aliphatic heterocycles. The van der Waals surface area contributed by atoms with E-state index in [1.165, 1.54) is 5.94 Å². The number of anilines is 3. The first-order valence-electron chi connectivity index (χ1n) is 14.2. The van der Waals surface area contributed by atoms with Gasteiger partial charge in [-0.2, -0.15) is 0 Å². The van der Waals surface area contributed by atoms with Crippen LogP contribution in [0.5, 0.6) is 0 Å². The molecule has 2 saturated heterocycles. The normalized spacial score (nSPS) is 19.1. The summed E-state index contributed by atoms with van der Waals surface area (Å²) in [7, 11) is 1.93. The minimum atomic E-state index is -2.77. The summed E-state index contributed by atoms with van der Waals surface area (Å²) in [5, 5.41) is 2.38. The average molecular weight is 556 g/mol. The van der Waals surface area contributed by atoms with Crippen molar-refractivity contribution in [3.63, 3.8) is 0 Å². The van der Waals surface area contributed by atoms with Gasteiger partial charge in [0.05, 0.1) is 18.7 Å². The number of hydrogen-bond donors (Lipinski definition) is 2. The third-order valence-electron chi connectivity index (χ3n) is 7.87. The van der Waals surface area contributed by atoms with Gasteiger partial charge in [0.25, 0.3) is 5.92 Å². The molecule has 0 aliphatic carbocycles. The van der Waals surface area contributed by atoms with Crippen LogP contribution in [0.4, 0.5) is 25.8 Å². The summed E-state index contributed by atoms with van der Waals surface area (Å²) >= 11 is 0. The van der Waals surface area contributed by atoms with Gasteiger partial charge < -0.3 is 20.9 Å². The quantitative estimate of drug-likeness (QED) is 0.353. The van der Waals surface area contributed by atoms with Crippen molar-refractivity contribution in [1.29, 1.82) is 0 Å². The molecule has 1 unspecified atom stereocenters. The Morgan fingerprint density at radius 1 is 1.12 bits per heavy atom. The molecule has 7 nitrogen and oxygen atoms in total. The summed E-state index contributed by atoms with van der Waals surface area (Å²) < 4.78 is 30.4. The fourth-order valence-corrected chi connectivity index (χ4v) is 5.74. The van der Waals surface area contributed by atoms with E-state index >= 15 is 8.78 Å². The molecule has 2 fully saturated rings. The van der Waals surface area contributed by atoms with Crippen LogP contribution in [0, 0.1) is 6.92 Å². The molecule has 2 aromatic rings. The number of hydrogen-bond acceptors (Lipinski definition) is 6. The standard InChI is InChI=1S/C29H37F2N5O2.C2H6/c1-21-19-25(7-8-27(21)34(2)14-12-28(38)33-13-18-37)35-15-9-24(10-16-35)36-17-11-26(29(30,31)20-36)22-3-5-23(32)6-4-22;1-2/h3-8,13,19,24,26H,9-12,14-17,20,32H2,1-2H3,(H,33,38);1-2H3. The Labute approximate surface area is 237 Å². The van der Waals surface area contributed by atoms with Crippen LogP contribution in [-0.2, 0) is 9.59 Å².